The molecule has 0 fully saturated rings. The Bertz CT molecular complexity index is 2170. The van der Waals surface area contributed by atoms with E-state index >= 15 is 0 Å². The smallest absolute Gasteiger partial charge is 0.343 e. The molecule has 0 amide bonds. The van der Waals surface area contributed by atoms with Gasteiger partial charge in [-0.15, -0.1) is 0 Å². The second-order valence-corrected chi connectivity index (χ2v) is 13.6. The molecule has 0 aromatic heterocycles. The molecule has 14 heteroatoms. The van der Waals surface area contributed by atoms with Gasteiger partial charge in [0.1, 0.15) is 11.1 Å². The molecule has 10 nitrogen and oxygen atoms in total. The third-order valence-electron chi connectivity index (χ3n) is 7.93. The fourth-order valence-electron chi connectivity index (χ4n) is 5.47. The van der Waals surface area contributed by atoms with Crippen molar-refractivity contribution in [2.75, 3.05) is 0 Å². The van der Waals surface area contributed by atoms with Gasteiger partial charge in [-0.25, -0.2) is 9.59 Å². The number of halogens is 4. The Balaban J connectivity index is 0.000000206. The van der Waals surface area contributed by atoms with E-state index in [0.29, 0.717) is 42.3 Å². The summed E-state index contributed by atoms with van der Waals surface area (Å²) in [5.41, 5.74) is -0.286. The Hall–Kier alpha value is -5.13. The molecule has 4 aromatic carbocycles. The summed E-state index contributed by atoms with van der Waals surface area (Å²) in [5.74, 6) is -3.03. The predicted molar refractivity (Wildman–Crippen MR) is 203 cm³/mol. The Morgan fingerprint density at radius 3 is 1.43 bits per heavy atom. The molecular weight excluding hydrogens is 782 g/mol. The van der Waals surface area contributed by atoms with Crippen LogP contribution in [0.25, 0.3) is 11.1 Å². The van der Waals surface area contributed by atoms with E-state index in [0.717, 1.165) is 0 Å². The Kier molecular flexibility index (Phi) is 13.4. The van der Waals surface area contributed by atoms with Crippen molar-refractivity contribution in [3.63, 3.8) is 0 Å². The molecule has 2 aliphatic rings. The van der Waals surface area contributed by atoms with Gasteiger partial charge < -0.3 is 24.1 Å². The van der Waals surface area contributed by atoms with Gasteiger partial charge in [-0.05, 0) is 50.2 Å². The standard InChI is InChI=1S/C19H14Cl2O4.C17H12Cl2O3.C4H6O3/c1-11(22)24-17-16(14-10-13(20)8-9-15(14)21)18(23)25-19(17,2)12-6-4-3-5-7-12;1-17(10-5-3-2-4-6-10)15(20)14(16(21)22-17)12-9-11(18)7-8-13(12)19;1-3(5)7-4(2)6/h3-10H,1-2H3;2-9,20H,1H3;1-2H3. The quantitative estimate of drug-likeness (QED) is 0.118. The van der Waals surface area contributed by atoms with Gasteiger partial charge in [0.25, 0.3) is 0 Å². The number of aliphatic hydroxyl groups is 1. The topological polar surface area (TPSA) is 142 Å². The summed E-state index contributed by atoms with van der Waals surface area (Å²) in [6.45, 7) is 6.94. The number of hydrogen-bond donors (Lipinski definition) is 1. The van der Waals surface area contributed by atoms with Crippen molar-refractivity contribution in [2.45, 2.75) is 45.8 Å². The molecule has 0 radical (unpaired) electrons. The van der Waals surface area contributed by atoms with Crippen molar-refractivity contribution in [1.82, 2.24) is 0 Å². The first-order chi connectivity index (χ1) is 25.4. The van der Waals surface area contributed by atoms with E-state index in [1.54, 1.807) is 68.4 Å². The van der Waals surface area contributed by atoms with Crippen LogP contribution in [0, 0.1) is 0 Å². The van der Waals surface area contributed by atoms with Crippen LogP contribution in [0.1, 0.15) is 56.9 Å². The monoisotopic (exact) mass is 812 g/mol. The molecule has 2 heterocycles. The van der Waals surface area contributed by atoms with Crippen LogP contribution in [-0.4, -0.2) is 35.0 Å². The van der Waals surface area contributed by atoms with Crippen LogP contribution in [0.2, 0.25) is 20.1 Å². The summed E-state index contributed by atoms with van der Waals surface area (Å²) >= 11 is 24.4. The van der Waals surface area contributed by atoms with Gasteiger partial charge in [0.15, 0.2) is 22.7 Å². The van der Waals surface area contributed by atoms with E-state index in [-0.39, 0.29) is 22.7 Å². The fraction of sp³-hybridized carbons (Fsp3) is 0.175. The summed E-state index contributed by atoms with van der Waals surface area (Å²) in [5, 5.41) is 12.1. The van der Waals surface area contributed by atoms with Crippen molar-refractivity contribution in [3.8, 4) is 0 Å². The largest absolute Gasteiger partial charge is 0.507 e. The molecule has 6 rings (SSSR count). The molecule has 4 aromatic rings. The van der Waals surface area contributed by atoms with E-state index in [2.05, 4.69) is 4.74 Å². The molecule has 2 unspecified atom stereocenters. The number of esters is 5. The molecule has 54 heavy (non-hydrogen) atoms. The molecular formula is C40H32Cl4O10. The van der Waals surface area contributed by atoms with Gasteiger partial charge in [0, 0.05) is 63.1 Å². The highest BCUT2D eigenvalue weighted by atomic mass is 35.5. The summed E-state index contributed by atoms with van der Waals surface area (Å²) in [6.07, 6.45) is 0. The first-order valence-corrected chi connectivity index (χ1v) is 17.4. The number of hydrogen-bond acceptors (Lipinski definition) is 10. The Morgan fingerprint density at radius 2 is 1.00 bits per heavy atom. The molecule has 0 spiro atoms. The maximum absolute atomic E-state index is 12.6. The maximum atomic E-state index is 12.6. The van der Waals surface area contributed by atoms with Crippen LogP contribution in [0.3, 0.4) is 0 Å². The fourth-order valence-corrected chi connectivity index (χ4v) is 6.24. The van der Waals surface area contributed by atoms with Gasteiger partial charge in [-0.1, -0.05) is 107 Å². The zero-order chi connectivity index (χ0) is 40.0. The molecule has 0 saturated carbocycles. The number of aliphatic hydroxyl groups excluding tert-OH is 1. The van der Waals surface area contributed by atoms with Crippen LogP contribution in [-0.2, 0) is 54.1 Å². The summed E-state index contributed by atoms with van der Waals surface area (Å²) in [6, 6.07) is 27.5. The van der Waals surface area contributed by atoms with E-state index in [1.807, 2.05) is 36.4 Å². The number of rotatable bonds is 5. The predicted octanol–water partition coefficient (Wildman–Crippen LogP) is 9.57. The molecule has 2 atom stereocenters. The van der Waals surface area contributed by atoms with E-state index in [9.17, 15) is 29.1 Å². The van der Waals surface area contributed by atoms with Crippen LogP contribution in [0.5, 0.6) is 0 Å². The Labute approximate surface area is 330 Å². The second kappa shape index (κ2) is 17.3. The molecule has 0 saturated heterocycles. The zero-order valence-electron chi connectivity index (χ0n) is 29.4. The zero-order valence-corrected chi connectivity index (χ0v) is 32.4. The lowest BCUT2D eigenvalue weighted by Crippen LogP contribution is -2.27. The van der Waals surface area contributed by atoms with Gasteiger partial charge in [0.2, 0.25) is 0 Å². The van der Waals surface area contributed by atoms with Gasteiger partial charge in [-0.2, -0.15) is 0 Å². The third-order valence-corrected chi connectivity index (χ3v) is 9.06. The average molecular weight is 814 g/mol. The minimum Gasteiger partial charge on any atom is -0.507 e. The van der Waals surface area contributed by atoms with Gasteiger partial charge >= 0.3 is 29.8 Å². The van der Waals surface area contributed by atoms with Crippen molar-refractivity contribution in [3.05, 3.63) is 151 Å². The van der Waals surface area contributed by atoms with E-state index in [1.165, 1.54) is 26.8 Å². The highest BCUT2D eigenvalue weighted by Gasteiger charge is 2.49. The normalized spacial score (nSPS) is 18.8. The summed E-state index contributed by atoms with van der Waals surface area (Å²) < 4.78 is 20.4. The van der Waals surface area contributed by atoms with Gasteiger partial charge in [0.05, 0.1) is 0 Å². The number of ether oxygens (including phenoxy) is 4. The second-order valence-electron chi connectivity index (χ2n) is 11.9. The third kappa shape index (κ3) is 9.32. The van der Waals surface area contributed by atoms with Crippen molar-refractivity contribution in [1.29, 1.82) is 0 Å². The minimum atomic E-state index is -1.25. The highest BCUT2D eigenvalue weighted by molar-refractivity contribution is 6.37. The molecule has 1 N–H and O–H groups in total. The molecule has 2 aliphatic heterocycles. The van der Waals surface area contributed by atoms with Crippen molar-refractivity contribution >= 4 is 87.4 Å². The number of carbonyl (C=O) groups excluding carboxylic acids is 5. The Morgan fingerprint density at radius 1 is 0.593 bits per heavy atom. The summed E-state index contributed by atoms with van der Waals surface area (Å²) in [4.78, 5) is 56.2. The average Bonchev–Trinajstić information content (AvgIpc) is 3.50. The lowest BCUT2D eigenvalue weighted by molar-refractivity contribution is -0.156. The minimum absolute atomic E-state index is 0.0406. The lowest BCUT2D eigenvalue weighted by Gasteiger charge is -2.26. The number of carbonyl (C=O) groups is 5. The van der Waals surface area contributed by atoms with Crippen molar-refractivity contribution < 1.29 is 48.0 Å². The molecule has 0 bridgehead atoms. The maximum Gasteiger partial charge on any atom is 0.343 e. The highest BCUT2D eigenvalue weighted by Crippen LogP contribution is 2.47. The first-order valence-electron chi connectivity index (χ1n) is 15.9. The lowest BCUT2D eigenvalue weighted by atomic mass is 9.91. The van der Waals surface area contributed by atoms with Crippen molar-refractivity contribution in [2.24, 2.45) is 0 Å². The van der Waals surface area contributed by atoms with Gasteiger partial charge in [-0.3, -0.25) is 14.4 Å². The van der Waals surface area contributed by atoms with Crippen LogP contribution < -0.4 is 0 Å². The van der Waals surface area contributed by atoms with Crippen LogP contribution >= 0.6 is 46.4 Å². The molecule has 280 valence electrons. The number of cyclic esters (lactones) is 2. The van der Waals surface area contributed by atoms with E-state index < -0.39 is 41.0 Å². The van der Waals surface area contributed by atoms with Crippen LogP contribution in [0.4, 0.5) is 0 Å². The summed E-state index contributed by atoms with van der Waals surface area (Å²) in [7, 11) is 0. The number of benzene rings is 4. The first kappa shape index (κ1) is 41.6. The molecule has 0 aliphatic carbocycles. The van der Waals surface area contributed by atoms with E-state index in [4.69, 9.17) is 60.6 Å². The van der Waals surface area contributed by atoms with Crippen LogP contribution in [0.15, 0.2) is 109 Å². The SMILES string of the molecule is CC(=O)OC(C)=O.CC(=O)OC1=C(c2cc(Cl)ccc2Cl)C(=O)OC1(C)c1ccccc1.CC1(c2ccccc2)OC(=O)C(c2cc(Cl)ccc2Cl)=C1O.